The average Bonchev–Trinajstić information content (AvgIpc) is 1.70. The van der Waals surface area contributed by atoms with Crippen LogP contribution >= 0.6 is 11.6 Å². The van der Waals surface area contributed by atoms with E-state index in [2.05, 4.69) is 186 Å². The number of aryl methyl sites for hydroxylation is 2. The molecule has 16 heterocycles. The monoisotopic (exact) mass is 2000 g/mol. The smallest absolute Gasteiger partial charge is 0.319 e. The summed E-state index contributed by atoms with van der Waals surface area (Å²) in [4.78, 5) is 102. The van der Waals surface area contributed by atoms with Crippen LogP contribution in [0.3, 0.4) is 0 Å². The number of benzene rings is 6. The van der Waals surface area contributed by atoms with Gasteiger partial charge < -0.3 is 83.7 Å². The molecule has 5 fully saturated rings. The lowest BCUT2D eigenvalue weighted by Gasteiger charge is -2.40. The number of imidazole rings is 5. The Labute approximate surface area is 854 Å². The van der Waals surface area contributed by atoms with E-state index in [-0.39, 0.29) is 35.6 Å². The number of aliphatic carboxylic acids is 1. The van der Waals surface area contributed by atoms with Gasteiger partial charge in [-0.2, -0.15) is 15.3 Å². The topological polar surface area (TPSA) is 518 Å². The standard InChI is InChI=1S/C24H21N5.C23H27N7O.C22H24N6O2.C21H23ClN8O.C20H21N5O2/c25-23-22-21(28-24(16-8-4-9-16)29(22)13-12-26-23)19-14-17-10-5-11-18(20(17)27-19)15-6-2-1-3-7-15;1-13-4-3-5-17-10-18(28-19(13)17)20-21-22(24)26-12-27-30(21)23(29-20)16-8-6-15(7-9-16)11-25-14(2)31;1-2-12-4-3-5-15-10-16(26-17(12)15)18-19-20(23)24-11-25-28(19)21(27-18)13-6-8-14(9-7-13)22(29)30;1-28(2)21(31)29-8-6-12(7-9-29)20-27-17(18-19(23)24-11-25-30(18)20)15-10-13-4-3-5-14(22)16(13)26-15;1-20(26)9-12(10-20)19-24-16(17-18(21)22-6-7-25(17)19)13-8-11-4-3-5-14(27-2)15(11)23-13/h1-3,5-7,10-14,16,27H,4,8-9H2,(H2,25,26);3-5,10,12,15-16,28H,6-9,11H2,1-2H3,(H,25,31)(H2,24,26,27);3-5,10-11,13-14,26H,2,6-9H2,1H3,(H,29,30)(H2,23,24,25);3-5,10-12,26H,6-9H2,1-2H3,(H2,23,24,25);3-8,12,23,26H,9-10H2,1-2H3,(H2,21,22). The number of hydrogen-bond acceptors (Lipinski definition) is 23. The van der Waals surface area contributed by atoms with E-state index >= 15 is 0 Å². The zero-order chi connectivity index (χ0) is 102. The van der Waals surface area contributed by atoms with E-state index in [1.54, 1.807) is 54.5 Å². The van der Waals surface area contributed by atoms with E-state index in [9.17, 15) is 24.6 Å². The number of halogens is 1. The molecular formula is C110H116ClN31O6. The number of H-pyrrole nitrogens is 5. The van der Waals surface area contributed by atoms with E-state index in [1.807, 2.05) is 87.7 Å². The Morgan fingerprint density at radius 3 is 1.38 bits per heavy atom. The number of hydrogen-bond donors (Lipinski definition) is 13. The van der Waals surface area contributed by atoms with Crippen LogP contribution in [0.25, 0.3) is 150 Å². The largest absolute Gasteiger partial charge is 0.495 e. The molecule has 21 aromatic rings. The van der Waals surface area contributed by atoms with E-state index in [1.165, 1.54) is 60.5 Å². The number of nitrogens with two attached hydrogens (primary N) is 5. The molecule has 754 valence electrons. The summed E-state index contributed by atoms with van der Waals surface area (Å²) in [7, 11) is 5.20. The maximum absolute atomic E-state index is 12.3. The number of carbonyl (C=O) groups is 3. The van der Waals surface area contributed by atoms with Crippen LogP contribution in [0.15, 0.2) is 195 Å². The third-order valence-electron chi connectivity index (χ3n) is 30.1. The number of carboxylic acids is 1. The van der Waals surface area contributed by atoms with Crippen LogP contribution in [0.5, 0.6) is 5.75 Å². The summed E-state index contributed by atoms with van der Waals surface area (Å²) in [6.45, 7) is 9.76. The molecule has 5 aliphatic rings. The van der Waals surface area contributed by atoms with Crippen molar-refractivity contribution in [3.8, 4) is 73.8 Å². The van der Waals surface area contributed by atoms with Crippen LogP contribution < -0.4 is 38.7 Å². The van der Waals surface area contributed by atoms with Crippen molar-refractivity contribution in [2.24, 2.45) is 11.8 Å². The molecule has 3 amide bonds. The number of nitrogens with one attached hydrogen (secondary N) is 6. The van der Waals surface area contributed by atoms with Gasteiger partial charge in [0, 0.05) is 139 Å². The van der Waals surface area contributed by atoms with Crippen molar-refractivity contribution in [1.29, 1.82) is 0 Å². The molecule has 37 nitrogen and oxygen atoms in total. The van der Waals surface area contributed by atoms with E-state index in [0.29, 0.717) is 107 Å². The summed E-state index contributed by atoms with van der Waals surface area (Å²) in [6.07, 6.45) is 26.2. The lowest BCUT2D eigenvalue weighted by atomic mass is 9.72. The van der Waals surface area contributed by atoms with Crippen molar-refractivity contribution in [3.05, 3.63) is 241 Å². The molecule has 4 saturated carbocycles. The van der Waals surface area contributed by atoms with E-state index in [0.717, 1.165) is 222 Å². The summed E-state index contributed by atoms with van der Waals surface area (Å²) >= 11 is 6.35. The Kier molecular flexibility index (Phi) is 25.7. The van der Waals surface area contributed by atoms with Crippen LogP contribution in [-0.2, 0) is 16.0 Å². The number of rotatable bonds is 16. The number of aliphatic hydroxyl groups is 1. The molecule has 0 atom stereocenters. The number of urea groups is 1. The van der Waals surface area contributed by atoms with Gasteiger partial charge in [-0.15, -0.1) is 0 Å². The van der Waals surface area contributed by atoms with Gasteiger partial charge in [0.1, 0.15) is 122 Å². The number of aromatic amines is 5. The fourth-order valence-corrected chi connectivity index (χ4v) is 22.5. The van der Waals surface area contributed by atoms with Gasteiger partial charge in [0.2, 0.25) is 5.91 Å². The molecule has 0 bridgehead atoms. The molecule has 0 unspecified atom stereocenters. The Morgan fingerprint density at radius 1 is 0.480 bits per heavy atom. The molecule has 148 heavy (non-hydrogen) atoms. The van der Waals surface area contributed by atoms with Crippen LogP contribution in [-0.4, -0.2) is 197 Å². The molecule has 6 aromatic carbocycles. The predicted molar refractivity (Wildman–Crippen MR) is 575 cm³/mol. The minimum Gasteiger partial charge on any atom is -0.495 e. The molecule has 1 saturated heterocycles. The van der Waals surface area contributed by atoms with Gasteiger partial charge >= 0.3 is 12.0 Å². The Bertz CT molecular complexity index is 8610. The first kappa shape index (κ1) is 96.0. The maximum Gasteiger partial charge on any atom is 0.319 e. The van der Waals surface area contributed by atoms with Crippen LogP contribution in [0.1, 0.15) is 187 Å². The minimum absolute atomic E-state index is 0.0340. The average molecular weight is 2000 g/mol. The number of nitrogen functional groups attached to an aromatic ring is 5. The molecule has 26 rings (SSSR count). The third kappa shape index (κ3) is 18.1. The van der Waals surface area contributed by atoms with Gasteiger partial charge in [0.05, 0.1) is 68.7 Å². The van der Waals surface area contributed by atoms with Crippen LogP contribution in [0, 0.1) is 18.8 Å². The Balaban J connectivity index is 0.000000105. The minimum atomic E-state index is -0.710. The fourth-order valence-electron chi connectivity index (χ4n) is 22.3. The summed E-state index contributed by atoms with van der Waals surface area (Å²) in [5, 5.41) is 41.9. The molecule has 1 aliphatic heterocycles. The van der Waals surface area contributed by atoms with Crippen molar-refractivity contribution in [3.63, 3.8) is 0 Å². The zero-order valence-electron chi connectivity index (χ0n) is 83.2. The number of anilines is 5. The first-order valence-electron chi connectivity index (χ1n) is 50.5. The molecule has 0 radical (unpaired) electrons. The molecular weight excluding hydrogens is 1890 g/mol. The molecule has 18 N–H and O–H groups in total. The van der Waals surface area contributed by atoms with Crippen molar-refractivity contribution < 1.29 is 29.3 Å². The number of carboxylic acid groups (broad SMARTS) is 1. The van der Waals surface area contributed by atoms with Gasteiger partial charge in [0.25, 0.3) is 0 Å². The van der Waals surface area contributed by atoms with Gasteiger partial charge in [-0.3, -0.25) is 18.4 Å². The van der Waals surface area contributed by atoms with Crippen molar-refractivity contribution in [2.75, 3.05) is 69.5 Å². The normalized spacial score (nSPS) is 18.0. The second-order valence-electron chi connectivity index (χ2n) is 40.0. The highest BCUT2D eigenvalue weighted by Crippen LogP contribution is 2.49. The van der Waals surface area contributed by atoms with Crippen LogP contribution in [0.2, 0.25) is 5.02 Å². The SMILES string of the molecule is CC(=O)NCC1CCC(c2nc(-c3cc4cccc(C)c4[nH]3)c3c(N)ncnn23)CC1.CCc1cccc2cc(-c3nc(C4CCC(C(=O)O)CC4)n4ncnc(N)c34)[nH]c12.CN(C)C(=O)N1CCC(c2nc(-c3cc4cccc(Cl)c4[nH]3)c3c(N)ncnn23)CC1.COc1cccc2cc(-c3nc(C4CC(C)(O)C4)n4ccnc(N)c34)[nH]c12.Nc1nccn2c(C3CCC3)nc(-c3cc4cccc(-c5ccccc5)c4[nH]3)c12. The lowest BCUT2D eigenvalue weighted by molar-refractivity contribution is -0.142. The van der Waals surface area contributed by atoms with Gasteiger partial charge in [-0.1, -0.05) is 134 Å². The maximum atomic E-state index is 12.3. The van der Waals surface area contributed by atoms with Crippen LogP contribution in [0.4, 0.5) is 33.9 Å². The number of amides is 3. The Morgan fingerprint density at radius 2 is 0.899 bits per heavy atom. The van der Waals surface area contributed by atoms with E-state index < -0.39 is 11.6 Å². The third-order valence-corrected chi connectivity index (χ3v) is 30.5. The summed E-state index contributed by atoms with van der Waals surface area (Å²) in [5.41, 5.74) is 52.7. The molecule has 0 spiro atoms. The van der Waals surface area contributed by atoms with E-state index in [4.69, 9.17) is 69.9 Å². The number of carbonyl (C=O) groups excluding carboxylic acids is 2. The summed E-state index contributed by atoms with van der Waals surface area (Å²) in [5.74, 6) is 8.39. The lowest BCUT2D eigenvalue weighted by Crippen LogP contribution is -2.43. The number of nitrogens with zero attached hydrogens (tertiary/aromatic N) is 20. The van der Waals surface area contributed by atoms with Gasteiger partial charge in [-0.05, 0) is 175 Å². The van der Waals surface area contributed by atoms with Crippen molar-refractivity contribution >= 4 is 141 Å². The second kappa shape index (κ2) is 39.6. The number of para-hydroxylation sites is 5. The fraction of sp³-hybridized carbons (Fsp3) is 0.309. The molecule has 15 aromatic heterocycles. The number of likely N-dealkylation sites (tertiary alicyclic amines) is 1. The molecule has 38 heteroatoms. The number of ether oxygens (including phenoxy) is 1. The zero-order valence-corrected chi connectivity index (χ0v) is 83.9. The first-order valence-corrected chi connectivity index (χ1v) is 50.8. The van der Waals surface area contributed by atoms with Crippen molar-refractivity contribution in [1.82, 2.24) is 128 Å². The highest BCUT2D eigenvalue weighted by atomic mass is 35.5. The quantitative estimate of drug-likeness (QED) is 0.0427. The first-order chi connectivity index (χ1) is 71.8. The number of fused-ring (bicyclic) bond motifs is 10. The number of aromatic nitrogens is 23. The number of methoxy groups -OCH3 is 1. The summed E-state index contributed by atoms with van der Waals surface area (Å²) in [6, 6.07) is 51.5. The Hall–Kier alpha value is -16.8. The van der Waals surface area contributed by atoms with Gasteiger partial charge in [0.15, 0.2) is 17.5 Å². The predicted octanol–water partition coefficient (Wildman–Crippen LogP) is 19.2. The molecule has 4 aliphatic carbocycles. The highest BCUT2D eigenvalue weighted by molar-refractivity contribution is 6.35. The second-order valence-corrected chi connectivity index (χ2v) is 40.4. The van der Waals surface area contributed by atoms with Crippen molar-refractivity contribution in [2.45, 2.75) is 166 Å². The highest BCUT2D eigenvalue weighted by Gasteiger charge is 2.43. The number of piperidine rings is 1. The van der Waals surface area contributed by atoms with Gasteiger partial charge in [-0.25, -0.2) is 68.2 Å². The summed E-state index contributed by atoms with van der Waals surface area (Å²) < 4.78 is 15.0.